The van der Waals surface area contributed by atoms with E-state index < -0.39 is 0 Å². The van der Waals surface area contributed by atoms with Gasteiger partial charge < -0.3 is 0 Å². The standard InChI is InChI=1S/C31H42O/c1-23-11-9-17-27(19-23)30(25-13-5-3-6-14-25)21-29(32)22-31(26-15-7-4-8-16-26)28-18-10-12-24(2)20-28/h9-12,17-20,25-26,30-31H,3-8,13-16,21-22H2,1-2H3/t30-,31-/m1/s1. The molecule has 2 fully saturated rings. The van der Waals surface area contributed by atoms with E-state index in [2.05, 4.69) is 62.4 Å². The van der Waals surface area contributed by atoms with Crippen LogP contribution in [0, 0.1) is 25.7 Å². The maximum absolute atomic E-state index is 13.7. The fourth-order valence-electron chi connectivity index (χ4n) is 6.56. The lowest BCUT2D eigenvalue weighted by Gasteiger charge is -2.33. The zero-order valence-corrected chi connectivity index (χ0v) is 20.3. The molecule has 32 heavy (non-hydrogen) atoms. The third kappa shape index (κ3) is 6.12. The summed E-state index contributed by atoms with van der Waals surface area (Å²) in [5.41, 5.74) is 5.43. The van der Waals surface area contributed by atoms with Crippen molar-refractivity contribution in [2.75, 3.05) is 0 Å². The Bertz CT molecular complexity index is 798. The highest BCUT2D eigenvalue weighted by atomic mass is 16.1. The Kier molecular flexibility index (Phi) is 8.22. The van der Waals surface area contributed by atoms with Crippen molar-refractivity contribution in [2.45, 2.75) is 103 Å². The summed E-state index contributed by atoms with van der Waals surface area (Å²) in [6.45, 7) is 4.36. The average molecular weight is 431 g/mol. The number of carbonyl (C=O) groups excluding carboxylic acids is 1. The molecule has 0 aromatic heterocycles. The smallest absolute Gasteiger partial charge is 0.134 e. The summed E-state index contributed by atoms with van der Waals surface area (Å²) in [6, 6.07) is 18.0. The highest BCUT2D eigenvalue weighted by Gasteiger charge is 2.31. The van der Waals surface area contributed by atoms with Crippen molar-refractivity contribution >= 4 is 5.78 Å². The molecular formula is C31H42O. The number of ketones is 1. The van der Waals surface area contributed by atoms with Crippen LogP contribution in [0.2, 0.25) is 0 Å². The third-order valence-electron chi connectivity index (χ3n) is 8.27. The van der Waals surface area contributed by atoms with Crippen molar-refractivity contribution in [2.24, 2.45) is 11.8 Å². The van der Waals surface area contributed by atoms with Gasteiger partial charge in [0.15, 0.2) is 0 Å². The molecule has 0 aliphatic heterocycles. The molecule has 0 N–H and O–H groups in total. The molecule has 4 rings (SSSR count). The summed E-state index contributed by atoms with van der Waals surface area (Å²) in [7, 11) is 0. The molecule has 0 heterocycles. The number of rotatable bonds is 8. The minimum absolute atomic E-state index is 0.396. The zero-order valence-electron chi connectivity index (χ0n) is 20.3. The fourth-order valence-corrected chi connectivity index (χ4v) is 6.56. The van der Waals surface area contributed by atoms with Crippen molar-refractivity contribution in [1.82, 2.24) is 0 Å². The molecule has 2 aliphatic rings. The van der Waals surface area contributed by atoms with Crippen molar-refractivity contribution < 1.29 is 4.79 Å². The van der Waals surface area contributed by atoms with Crippen molar-refractivity contribution in [3.05, 3.63) is 70.8 Å². The highest BCUT2D eigenvalue weighted by molar-refractivity contribution is 5.80. The molecule has 1 heteroatoms. The van der Waals surface area contributed by atoms with Gasteiger partial charge in [-0.2, -0.15) is 0 Å². The first-order valence-corrected chi connectivity index (χ1v) is 13.2. The Morgan fingerprint density at radius 1 is 0.688 bits per heavy atom. The fraction of sp³-hybridized carbons (Fsp3) is 0.581. The molecule has 0 saturated heterocycles. The van der Waals surface area contributed by atoms with Crippen molar-refractivity contribution in [1.29, 1.82) is 0 Å². The van der Waals surface area contributed by atoms with Gasteiger partial charge in [0, 0.05) is 12.8 Å². The maximum Gasteiger partial charge on any atom is 0.134 e. The molecule has 172 valence electrons. The Balaban J connectivity index is 1.54. The number of Topliss-reactive ketones (excluding diaryl/α,β-unsaturated/α-hetero) is 1. The Morgan fingerprint density at radius 3 is 1.47 bits per heavy atom. The van der Waals surface area contributed by atoms with Gasteiger partial charge in [-0.15, -0.1) is 0 Å². The molecule has 0 radical (unpaired) electrons. The van der Waals surface area contributed by atoms with Gasteiger partial charge in [0.25, 0.3) is 0 Å². The SMILES string of the molecule is Cc1cccc([C@H](CC(=O)C[C@@H](c2cccc(C)c2)C2CCCCC2)C2CCCCC2)c1. The number of benzene rings is 2. The lowest BCUT2D eigenvalue weighted by molar-refractivity contribution is -0.120. The average Bonchev–Trinajstić information content (AvgIpc) is 2.82. The Labute approximate surface area is 196 Å². The van der Waals surface area contributed by atoms with Gasteiger partial charge in [-0.25, -0.2) is 0 Å². The second-order valence-electron chi connectivity index (χ2n) is 10.8. The van der Waals surface area contributed by atoms with Gasteiger partial charge in [0.2, 0.25) is 0 Å². The molecule has 0 spiro atoms. The molecular weight excluding hydrogens is 388 g/mol. The first-order chi connectivity index (χ1) is 15.6. The van der Waals surface area contributed by atoms with Crippen LogP contribution in [-0.2, 0) is 4.79 Å². The lowest BCUT2D eigenvalue weighted by Crippen LogP contribution is -2.23. The quantitative estimate of drug-likeness (QED) is 0.409. The maximum atomic E-state index is 13.7. The van der Waals surface area contributed by atoms with E-state index >= 15 is 0 Å². The molecule has 0 bridgehead atoms. The summed E-state index contributed by atoms with van der Waals surface area (Å²) in [5.74, 6) is 2.61. The number of carbonyl (C=O) groups is 1. The largest absolute Gasteiger partial charge is 0.300 e. The lowest BCUT2D eigenvalue weighted by atomic mass is 9.71. The summed E-state index contributed by atoms with van der Waals surface area (Å²) >= 11 is 0. The van der Waals surface area contributed by atoms with E-state index in [1.165, 1.54) is 86.5 Å². The van der Waals surface area contributed by atoms with Crippen molar-refractivity contribution in [3.63, 3.8) is 0 Å². The van der Waals surface area contributed by atoms with Gasteiger partial charge in [-0.1, -0.05) is 98.2 Å². The molecule has 2 aromatic carbocycles. The molecule has 2 aromatic rings. The molecule has 2 atom stereocenters. The van der Waals surface area contributed by atoms with E-state index in [1.54, 1.807) is 0 Å². The summed E-state index contributed by atoms with van der Waals surface area (Å²) in [6.07, 6.45) is 14.6. The molecule has 2 aliphatic carbocycles. The van der Waals surface area contributed by atoms with E-state index in [4.69, 9.17) is 0 Å². The van der Waals surface area contributed by atoms with Crippen LogP contribution < -0.4 is 0 Å². The van der Waals surface area contributed by atoms with E-state index in [0.717, 1.165) is 12.8 Å². The third-order valence-corrected chi connectivity index (χ3v) is 8.27. The monoisotopic (exact) mass is 430 g/mol. The second kappa shape index (κ2) is 11.3. The van der Waals surface area contributed by atoms with Gasteiger partial charge in [-0.3, -0.25) is 4.79 Å². The van der Waals surface area contributed by atoms with Crippen molar-refractivity contribution in [3.8, 4) is 0 Å². The van der Waals surface area contributed by atoms with Crippen LogP contribution >= 0.6 is 0 Å². The first-order valence-electron chi connectivity index (χ1n) is 13.2. The predicted octanol–water partition coefficient (Wildman–Crippen LogP) is 8.68. The summed E-state index contributed by atoms with van der Waals surface area (Å²) in [5, 5.41) is 0. The minimum atomic E-state index is 0.396. The van der Waals surface area contributed by atoms with Crippen LogP contribution in [0.3, 0.4) is 0 Å². The van der Waals surface area contributed by atoms with E-state index in [1.807, 2.05) is 0 Å². The van der Waals surface area contributed by atoms with Gasteiger partial charge >= 0.3 is 0 Å². The summed E-state index contributed by atoms with van der Waals surface area (Å²) in [4.78, 5) is 13.7. The highest BCUT2D eigenvalue weighted by Crippen LogP contribution is 2.42. The minimum Gasteiger partial charge on any atom is -0.300 e. The van der Waals surface area contributed by atoms with Crippen LogP contribution in [0.25, 0.3) is 0 Å². The molecule has 2 saturated carbocycles. The van der Waals surface area contributed by atoms with E-state index in [9.17, 15) is 4.79 Å². The second-order valence-corrected chi connectivity index (χ2v) is 10.8. The topological polar surface area (TPSA) is 17.1 Å². The van der Waals surface area contributed by atoms with Crippen LogP contribution in [0.5, 0.6) is 0 Å². The Hall–Kier alpha value is -1.89. The zero-order chi connectivity index (χ0) is 22.3. The van der Waals surface area contributed by atoms with E-state index in [-0.39, 0.29) is 0 Å². The summed E-state index contributed by atoms with van der Waals surface area (Å²) < 4.78 is 0. The molecule has 0 amide bonds. The number of hydrogen-bond donors (Lipinski definition) is 0. The molecule has 0 unspecified atom stereocenters. The van der Waals surface area contributed by atoms with Crippen LogP contribution in [-0.4, -0.2) is 5.78 Å². The first kappa shape index (κ1) is 23.3. The normalized spacial score (nSPS) is 20.1. The van der Waals surface area contributed by atoms with Crippen LogP contribution in [0.1, 0.15) is 111 Å². The predicted molar refractivity (Wildman–Crippen MR) is 135 cm³/mol. The number of aryl methyl sites for hydroxylation is 2. The molecule has 1 nitrogen and oxygen atoms in total. The van der Waals surface area contributed by atoms with Gasteiger partial charge in [0.05, 0.1) is 0 Å². The van der Waals surface area contributed by atoms with E-state index in [0.29, 0.717) is 29.5 Å². The van der Waals surface area contributed by atoms with Crippen LogP contribution in [0.4, 0.5) is 0 Å². The number of hydrogen-bond acceptors (Lipinski definition) is 1. The van der Waals surface area contributed by atoms with Crippen LogP contribution in [0.15, 0.2) is 48.5 Å². The van der Waals surface area contributed by atoms with Gasteiger partial charge in [0.1, 0.15) is 5.78 Å². The Morgan fingerprint density at radius 2 is 1.09 bits per heavy atom. The van der Waals surface area contributed by atoms with Gasteiger partial charge in [-0.05, 0) is 74.3 Å².